The fraction of sp³-hybridized carbons (Fsp3) is 0.565. The number of nitrogens with zero attached hydrogens (tertiary/aromatic N) is 1. The monoisotopic (exact) mass is 446 g/mol. The predicted octanol–water partition coefficient (Wildman–Crippen LogP) is 1.09. The van der Waals surface area contributed by atoms with E-state index in [1.54, 1.807) is 24.3 Å². The van der Waals surface area contributed by atoms with Crippen molar-refractivity contribution in [1.82, 2.24) is 15.5 Å². The number of anilines is 1. The Hall–Kier alpha value is -2.78. The highest BCUT2D eigenvalue weighted by atomic mass is 16.5. The molecule has 0 atom stereocenters. The number of β-lactam (4-membered cyclic amide) rings is 1. The fourth-order valence-corrected chi connectivity index (χ4v) is 3.02. The van der Waals surface area contributed by atoms with Crippen LogP contribution in [-0.2, 0) is 30.3 Å². The first-order valence-electron chi connectivity index (χ1n) is 11.1. The van der Waals surface area contributed by atoms with Gasteiger partial charge in [-0.25, -0.2) is 0 Å². The second-order valence-electron chi connectivity index (χ2n) is 8.20. The van der Waals surface area contributed by atoms with E-state index in [9.17, 15) is 19.2 Å². The lowest BCUT2D eigenvalue weighted by molar-refractivity contribution is -0.152. The first-order chi connectivity index (χ1) is 15.3. The van der Waals surface area contributed by atoms with Gasteiger partial charge < -0.3 is 20.7 Å². The minimum atomic E-state index is -0.422. The third-order valence-corrected chi connectivity index (χ3v) is 4.83. The largest absolute Gasteiger partial charge is 0.380 e. The van der Waals surface area contributed by atoms with Crippen molar-refractivity contribution >= 4 is 29.3 Å². The van der Waals surface area contributed by atoms with E-state index in [0.717, 1.165) is 25.1 Å². The summed E-state index contributed by atoms with van der Waals surface area (Å²) in [5.41, 5.74) is 1.29. The standard InChI is InChI=1S/C23H34N4O5/c1-17(2)16-24-9-3-12-32-13-10-25-20(28)15-21(29)26-19-6-4-18(5-7-19)14-23(31)27-11-8-22(27)30/h4-7,17,24H,3,8-16H2,1-2H3,(H,25,28)(H,26,29). The number of benzene rings is 1. The maximum absolute atomic E-state index is 12.0. The molecule has 9 heteroatoms. The Morgan fingerprint density at radius 2 is 1.81 bits per heavy atom. The highest BCUT2D eigenvalue weighted by molar-refractivity contribution is 6.03. The van der Waals surface area contributed by atoms with Gasteiger partial charge in [0.15, 0.2) is 0 Å². The highest BCUT2D eigenvalue weighted by Crippen LogP contribution is 2.14. The molecule has 32 heavy (non-hydrogen) atoms. The number of hydrogen-bond acceptors (Lipinski definition) is 6. The number of carbonyl (C=O) groups excluding carboxylic acids is 4. The maximum atomic E-state index is 12.0. The van der Waals surface area contributed by atoms with Crippen molar-refractivity contribution in [3.05, 3.63) is 29.8 Å². The molecule has 0 aliphatic carbocycles. The van der Waals surface area contributed by atoms with Gasteiger partial charge in [-0.3, -0.25) is 24.1 Å². The summed E-state index contributed by atoms with van der Waals surface area (Å²) in [5, 5.41) is 8.65. The molecule has 1 aliphatic heterocycles. The fourth-order valence-electron chi connectivity index (χ4n) is 3.02. The topological polar surface area (TPSA) is 117 Å². The third kappa shape index (κ3) is 9.57. The normalized spacial score (nSPS) is 13.1. The number of ether oxygens (including phenoxy) is 1. The summed E-state index contributed by atoms with van der Waals surface area (Å²) < 4.78 is 5.46. The molecule has 1 heterocycles. The second-order valence-corrected chi connectivity index (χ2v) is 8.20. The number of carbonyl (C=O) groups is 4. The second kappa shape index (κ2) is 13.6. The highest BCUT2D eigenvalue weighted by Gasteiger charge is 2.29. The first kappa shape index (κ1) is 25.5. The molecule has 9 nitrogen and oxygen atoms in total. The molecule has 1 aromatic rings. The SMILES string of the molecule is CC(C)CNCCCOCCNC(=O)CC(=O)Nc1ccc(CC(=O)N2CCC2=O)cc1. The van der Waals surface area contributed by atoms with Gasteiger partial charge in [0, 0.05) is 31.8 Å². The Balaban J connectivity index is 1.55. The predicted molar refractivity (Wildman–Crippen MR) is 121 cm³/mol. The zero-order chi connectivity index (χ0) is 23.3. The van der Waals surface area contributed by atoms with Gasteiger partial charge in [0.2, 0.25) is 23.6 Å². The summed E-state index contributed by atoms with van der Waals surface area (Å²) in [4.78, 5) is 48.4. The van der Waals surface area contributed by atoms with E-state index in [1.807, 2.05) is 0 Å². The number of rotatable bonds is 14. The molecule has 176 valence electrons. The molecule has 1 fully saturated rings. The molecule has 0 aromatic heterocycles. The van der Waals surface area contributed by atoms with Gasteiger partial charge >= 0.3 is 0 Å². The Morgan fingerprint density at radius 1 is 1.06 bits per heavy atom. The lowest BCUT2D eigenvalue weighted by atomic mass is 10.1. The van der Waals surface area contributed by atoms with Crippen molar-refractivity contribution in [2.24, 2.45) is 5.92 Å². The van der Waals surface area contributed by atoms with Gasteiger partial charge in [-0.05, 0) is 43.1 Å². The van der Waals surface area contributed by atoms with Gasteiger partial charge in [-0.15, -0.1) is 0 Å². The quantitative estimate of drug-likeness (QED) is 0.224. The summed E-state index contributed by atoms with van der Waals surface area (Å²) in [6.45, 7) is 8.07. The number of likely N-dealkylation sites (tertiary alicyclic amines) is 1. The van der Waals surface area contributed by atoms with Crippen LogP contribution in [0.1, 0.15) is 38.7 Å². The van der Waals surface area contributed by atoms with E-state index >= 15 is 0 Å². The van der Waals surface area contributed by atoms with Crippen LogP contribution < -0.4 is 16.0 Å². The molecule has 0 bridgehead atoms. The van der Waals surface area contributed by atoms with Crippen LogP contribution in [0, 0.1) is 5.92 Å². The summed E-state index contributed by atoms with van der Waals surface area (Å²) in [5.74, 6) is -0.526. The molecule has 0 saturated carbocycles. The summed E-state index contributed by atoms with van der Waals surface area (Å²) in [6, 6.07) is 6.77. The number of amides is 4. The van der Waals surface area contributed by atoms with E-state index in [2.05, 4.69) is 29.8 Å². The first-order valence-corrected chi connectivity index (χ1v) is 11.1. The van der Waals surface area contributed by atoms with E-state index in [-0.39, 0.29) is 30.6 Å². The van der Waals surface area contributed by atoms with E-state index in [1.165, 1.54) is 4.90 Å². The van der Waals surface area contributed by atoms with Crippen molar-refractivity contribution in [2.45, 2.75) is 39.5 Å². The van der Waals surface area contributed by atoms with Crippen molar-refractivity contribution in [3.8, 4) is 0 Å². The maximum Gasteiger partial charge on any atom is 0.233 e. The molecule has 0 spiro atoms. The van der Waals surface area contributed by atoms with Crippen LogP contribution >= 0.6 is 0 Å². The molecular weight excluding hydrogens is 412 g/mol. The van der Waals surface area contributed by atoms with Crippen LogP contribution in [0.15, 0.2) is 24.3 Å². The zero-order valence-corrected chi connectivity index (χ0v) is 18.9. The van der Waals surface area contributed by atoms with E-state index < -0.39 is 5.91 Å². The van der Waals surface area contributed by atoms with Crippen LogP contribution in [0.25, 0.3) is 0 Å². The van der Waals surface area contributed by atoms with Crippen molar-refractivity contribution in [2.75, 3.05) is 44.7 Å². The molecule has 1 aliphatic rings. The number of imide groups is 1. The lowest BCUT2D eigenvalue weighted by Crippen LogP contribution is -2.48. The van der Waals surface area contributed by atoms with E-state index in [4.69, 9.17) is 4.74 Å². The average Bonchev–Trinajstić information content (AvgIpc) is 2.72. The number of nitrogens with one attached hydrogen (secondary N) is 3. The molecule has 4 amide bonds. The van der Waals surface area contributed by atoms with Crippen molar-refractivity contribution in [1.29, 1.82) is 0 Å². The zero-order valence-electron chi connectivity index (χ0n) is 18.9. The lowest BCUT2D eigenvalue weighted by Gasteiger charge is -2.28. The van der Waals surface area contributed by atoms with Gasteiger partial charge in [0.25, 0.3) is 0 Å². The van der Waals surface area contributed by atoms with Gasteiger partial charge in [0.05, 0.1) is 13.0 Å². The molecule has 0 radical (unpaired) electrons. The molecule has 2 rings (SSSR count). The van der Waals surface area contributed by atoms with Gasteiger partial charge in [-0.1, -0.05) is 26.0 Å². The Morgan fingerprint density at radius 3 is 2.44 bits per heavy atom. The van der Waals surface area contributed by atoms with Crippen molar-refractivity contribution in [3.63, 3.8) is 0 Å². The molecule has 3 N–H and O–H groups in total. The summed E-state index contributed by atoms with van der Waals surface area (Å²) in [7, 11) is 0. The third-order valence-electron chi connectivity index (χ3n) is 4.83. The van der Waals surface area contributed by atoms with Crippen LogP contribution in [0.4, 0.5) is 5.69 Å². The van der Waals surface area contributed by atoms with Crippen LogP contribution in [-0.4, -0.2) is 67.9 Å². The molecule has 0 unspecified atom stereocenters. The molecule has 1 aromatic carbocycles. The Bertz CT molecular complexity index is 779. The van der Waals surface area contributed by atoms with Crippen molar-refractivity contribution < 1.29 is 23.9 Å². The Kier molecular flexibility index (Phi) is 10.8. The summed E-state index contributed by atoms with van der Waals surface area (Å²) >= 11 is 0. The van der Waals surface area contributed by atoms with Crippen LogP contribution in [0.3, 0.4) is 0 Å². The van der Waals surface area contributed by atoms with Crippen LogP contribution in [0.2, 0.25) is 0 Å². The van der Waals surface area contributed by atoms with E-state index in [0.29, 0.717) is 44.3 Å². The molecule has 1 saturated heterocycles. The minimum Gasteiger partial charge on any atom is -0.380 e. The average molecular weight is 447 g/mol. The Labute approximate surface area is 189 Å². The smallest absolute Gasteiger partial charge is 0.233 e. The van der Waals surface area contributed by atoms with Crippen LogP contribution in [0.5, 0.6) is 0 Å². The summed E-state index contributed by atoms with van der Waals surface area (Å²) in [6.07, 6.45) is 1.19. The van der Waals surface area contributed by atoms with Gasteiger partial charge in [-0.2, -0.15) is 0 Å². The number of hydrogen-bond donors (Lipinski definition) is 3. The van der Waals surface area contributed by atoms with Gasteiger partial charge in [0.1, 0.15) is 6.42 Å². The molecular formula is C23H34N4O5. The minimum absolute atomic E-state index is 0.138.